The molecule has 2 rings (SSSR count). The van der Waals surface area contributed by atoms with E-state index in [0.29, 0.717) is 5.92 Å². The summed E-state index contributed by atoms with van der Waals surface area (Å²) in [6, 6.07) is 4.99. The zero-order valence-corrected chi connectivity index (χ0v) is 10.5. The fourth-order valence-corrected chi connectivity index (χ4v) is 2.52. The van der Waals surface area contributed by atoms with Crippen molar-refractivity contribution in [3.63, 3.8) is 0 Å². The Morgan fingerprint density at radius 1 is 1.56 bits per heavy atom. The maximum Gasteiger partial charge on any atom is 0.271 e. The Bertz CT molecular complexity index is 448. The van der Waals surface area contributed by atoms with Crippen LogP contribution in [0.2, 0.25) is 0 Å². The van der Waals surface area contributed by atoms with Crippen LogP contribution in [-0.2, 0) is 0 Å². The Hall–Kier alpha value is -1.62. The highest BCUT2D eigenvalue weighted by Gasteiger charge is 2.24. The van der Waals surface area contributed by atoms with Gasteiger partial charge in [-0.1, -0.05) is 6.07 Å². The predicted octanol–water partition coefficient (Wildman–Crippen LogP) is 2.11. The largest absolute Gasteiger partial charge is 0.396 e. The minimum atomic E-state index is -0.357. The second kappa shape index (κ2) is 5.35. The summed E-state index contributed by atoms with van der Waals surface area (Å²) in [4.78, 5) is 12.6. The smallest absolute Gasteiger partial charge is 0.271 e. The molecule has 1 aliphatic heterocycles. The number of aryl methyl sites for hydroxylation is 1. The molecule has 1 aromatic rings. The van der Waals surface area contributed by atoms with E-state index in [0.717, 1.165) is 37.2 Å². The molecular formula is C13H18N2O3. The summed E-state index contributed by atoms with van der Waals surface area (Å²) in [5.41, 5.74) is 2.15. The lowest BCUT2D eigenvalue weighted by Gasteiger charge is -2.20. The third-order valence-corrected chi connectivity index (χ3v) is 3.57. The number of rotatable bonds is 4. The van der Waals surface area contributed by atoms with Crippen molar-refractivity contribution < 1.29 is 10.0 Å². The summed E-state index contributed by atoms with van der Waals surface area (Å²) in [6.45, 7) is 3.97. The van der Waals surface area contributed by atoms with E-state index in [1.54, 1.807) is 18.2 Å². The third kappa shape index (κ3) is 2.61. The highest BCUT2D eigenvalue weighted by Crippen LogP contribution is 2.30. The number of anilines is 1. The molecule has 0 radical (unpaired) electrons. The summed E-state index contributed by atoms with van der Waals surface area (Å²) < 4.78 is 0. The second-order valence-corrected chi connectivity index (χ2v) is 4.84. The quantitative estimate of drug-likeness (QED) is 0.656. The second-order valence-electron chi connectivity index (χ2n) is 4.84. The first-order valence-corrected chi connectivity index (χ1v) is 6.22. The van der Waals surface area contributed by atoms with E-state index in [4.69, 9.17) is 5.11 Å². The van der Waals surface area contributed by atoms with Crippen LogP contribution in [0.3, 0.4) is 0 Å². The first-order chi connectivity index (χ1) is 8.61. The fraction of sp³-hybridized carbons (Fsp3) is 0.538. The number of aliphatic hydroxyl groups is 1. The molecule has 98 valence electrons. The fourth-order valence-electron chi connectivity index (χ4n) is 2.52. The first kappa shape index (κ1) is 12.8. The van der Waals surface area contributed by atoms with Crippen LogP contribution >= 0.6 is 0 Å². The predicted molar refractivity (Wildman–Crippen MR) is 69.9 cm³/mol. The Morgan fingerprint density at radius 3 is 3.00 bits per heavy atom. The van der Waals surface area contributed by atoms with E-state index in [1.165, 1.54) is 0 Å². The minimum Gasteiger partial charge on any atom is -0.396 e. The van der Waals surface area contributed by atoms with Gasteiger partial charge in [-0.25, -0.2) is 0 Å². The van der Waals surface area contributed by atoms with Crippen LogP contribution in [-0.4, -0.2) is 29.7 Å². The number of benzene rings is 1. The van der Waals surface area contributed by atoms with Gasteiger partial charge in [0, 0.05) is 37.5 Å². The standard InChI is InChI=1S/C13H18N2O3/c1-10-2-3-12(15(17)18)8-13(10)14-6-4-11(9-14)5-7-16/h2-3,8,11,16H,4-7,9H2,1H3. The Balaban J connectivity index is 2.18. The van der Waals surface area contributed by atoms with Gasteiger partial charge in [-0.2, -0.15) is 0 Å². The van der Waals surface area contributed by atoms with Crippen LogP contribution < -0.4 is 4.90 Å². The van der Waals surface area contributed by atoms with Crippen molar-refractivity contribution in [2.24, 2.45) is 5.92 Å². The Morgan fingerprint density at radius 2 is 2.33 bits per heavy atom. The average Bonchev–Trinajstić information content (AvgIpc) is 2.78. The van der Waals surface area contributed by atoms with E-state index >= 15 is 0 Å². The molecule has 1 atom stereocenters. The first-order valence-electron chi connectivity index (χ1n) is 6.22. The Kier molecular flexibility index (Phi) is 3.81. The molecule has 1 fully saturated rings. The highest BCUT2D eigenvalue weighted by molar-refractivity contribution is 5.59. The SMILES string of the molecule is Cc1ccc([N+](=O)[O-])cc1N1CCC(CCO)C1. The summed E-state index contributed by atoms with van der Waals surface area (Å²) in [7, 11) is 0. The molecule has 18 heavy (non-hydrogen) atoms. The Labute approximate surface area is 106 Å². The lowest BCUT2D eigenvalue weighted by molar-refractivity contribution is -0.384. The van der Waals surface area contributed by atoms with E-state index < -0.39 is 0 Å². The van der Waals surface area contributed by atoms with Gasteiger partial charge in [-0.05, 0) is 31.2 Å². The normalized spacial score (nSPS) is 19.2. The highest BCUT2D eigenvalue weighted by atomic mass is 16.6. The van der Waals surface area contributed by atoms with Crippen molar-refractivity contribution in [2.75, 3.05) is 24.6 Å². The number of nitro benzene ring substituents is 1. The monoisotopic (exact) mass is 250 g/mol. The number of aliphatic hydroxyl groups excluding tert-OH is 1. The lowest BCUT2D eigenvalue weighted by Crippen LogP contribution is -2.20. The number of nitrogens with zero attached hydrogens (tertiary/aromatic N) is 2. The third-order valence-electron chi connectivity index (χ3n) is 3.57. The van der Waals surface area contributed by atoms with E-state index in [1.807, 2.05) is 6.92 Å². The van der Waals surface area contributed by atoms with Gasteiger partial charge in [0.05, 0.1) is 4.92 Å². The topological polar surface area (TPSA) is 66.6 Å². The van der Waals surface area contributed by atoms with Gasteiger partial charge in [0.1, 0.15) is 0 Å². The van der Waals surface area contributed by atoms with Crippen LogP contribution in [0, 0.1) is 23.0 Å². The summed E-state index contributed by atoms with van der Waals surface area (Å²) in [5, 5.41) is 19.7. The van der Waals surface area contributed by atoms with Gasteiger partial charge < -0.3 is 10.0 Å². The van der Waals surface area contributed by atoms with Crippen molar-refractivity contribution in [3.8, 4) is 0 Å². The van der Waals surface area contributed by atoms with E-state index in [9.17, 15) is 10.1 Å². The molecular weight excluding hydrogens is 232 g/mol. The van der Waals surface area contributed by atoms with Crippen molar-refractivity contribution in [1.29, 1.82) is 0 Å². The van der Waals surface area contributed by atoms with Crippen LogP contribution in [0.5, 0.6) is 0 Å². The van der Waals surface area contributed by atoms with Crippen molar-refractivity contribution in [2.45, 2.75) is 19.8 Å². The maximum atomic E-state index is 10.8. The average molecular weight is 250 g/mol. The van der Waals surface area contributed by atoms with Gasteiger partial charge >= 0.3 is 0 Å². The minimum absolute atomic E-state index is 0.140. The van der Waals surface area contributed by atoms with Gasteiger partial charge in [0.15, 0.2) is 0 Å². The van der Waals surface area contributed by atoms with Crippen LogP contribution in [0.15, 0.2) is 18.2 Å². The van der Waals surface area contributed by atoms with Gasteiger partial charge in [0.2, 0.25) is 0 Å². The zero-order chi connectivity index (χ0) is 13.1. The lowest BCUT2D eigenvalue weighted by atomic mass is 10.1. The molecule has 0 amide bonds. The molecule has 1 heterocycles. The van der Waals surface area contributed by atoms with E-state index in [2.05, 4.69) is 4.90 Å². The van der Waals surface area contributed by atoms with Gasteiger partial charge in [0.25, 0.3) is 5.69 Å². The van der Waals surface area contributed by atoms with Gasteiger partial charge in [-0.15, -0.1) is 0 Å². The molecule has 1 saturated heterocycles. The molecule has 1 unspecified atom stereocenters. The van der Waals surface area contributed by atoms with Crippen molar-refractivity contribution in [3.05, 3.63) is 33.9 Å². The van der Waals surface area contributed by atoms with E-state index in [-0.39, 0.29) is 17.2 Å². The molecule has 0 spiro atoms. The molecule has 0 saturated carbocycles. The summed E-state index contributed by atoms with van der Waals surface area (Å²) in [6.07, 6.45) is 1.85. The number of non-ortho nitro benzene ring substituents is 1. The van der Waals surface area contributed by atoms with Crippen LogP contribution in [0.25, 0.3) is 0 Å². The van der Waals surface area contributed by atoms with Crippen molar-refractivity contribution >= 4 is 11.4 Å². The van der Waals surface area contributed by atoms with Gasteiger partial charge in [-0.3, -0.25) is 10.1 Å². The number of hydrogen-bond acceptors (Lipinski definition) is 4. The molecule has 0 bridgehead atoms. The molecule has 5 nitrogen and oxygen atoms in total. The zero-order valence-electron chi connectivity index (χ0n) is 10.5. The summed E-state index contributed by atoms with van der Waals surface area (Å²) >= 11 is 0. The molecule has 0 aliphatic carbocycles. The number of hydrogen-bond donors (Lipinski definition) is 1. The van der Waals surface area contributed by atoms with Crippen LogP contribution in [0.1, 0.15) is 18.4 Å². The molecule has 5 heteroatoms. The molecule has 1 aliphatic rings. The van der Waals surface area contributed by atoms with Crippen molar-refractivity contribution in [1.82, 2.24) is 0 Å². The number of nitro groups is 1. The maximum absolute atomic E-state index is 10.8. The van der Waals surface area contributed by atoms with Crippen LogP contribution in [0.4, 0.5) is 11.4 Å². The molecule has 1 N–H and O–H groups in total. The summed E-state index contributed by atoms with van der Waals surface area (Å²) in [5.74, 6) is 0.494. The molecule has 0 aromatic heterocycles. The molecule has 1 aromatic carbocycles.